The number of ether oxygens (including phenoxy) is 1. The third kappa shape index (κ3) is 5.16. The fraction of sp³-hybridized carbons (Fsp3) is 0.538. The van der Waals surface area contributed by atoms with Crippen molar-refractivity contribution >= 4 is 9.84 Å². The van der Waals surface area contributed by atoms with Crippen LogP contribution >= 0.6 is 0 Å². The number of hydrogen-bond donors (Lipinski definition) is 1. The Balaban J connectivity index is 2.56. The fourth-order valence-corrected chi connectivity index (χ4v) is 2.56. The summed E-state index contributed by atoms with van der Waals surface area (Å²) in [5.74, 6) is 0.0925. The van der Waals surface area contributed by atoms with Gasteiger partial charge < -0.3 is 9.84 Å². The lowest BCUT2D eigenvalue weighted by atomic mass is 10.0. The maximum absolute atomic E-state index is 11.0. The molecule has 18 heavy (non-hydrogen) atoms. The normalized spacial score (nSPS) is 15.3. The van der Waals surface area contributed by atoms with Gasteiger partial charge in [0.1, 0.15) is 15.9 Å². The highest BCUT2D eigenvalue weighted by Gasteiger charge is 2.20. The van der Waals surface area contributed by atoms with Gasteiger partial charge in [0.25, 0.3) is 0 Å². The molecule has 102 valence electrons. The van der Waals surface area contributed by atoms with Crippen LogP contribution in [-0.4, -0.2) is 38.7 Å². The molecule has 1 rings (SSSR count). The van der Waals surface area contributed by atoms with E-state index in [9.17, 15) is 13.5 Å². The molecule has 1 aromatic rings. The maximum Gasteiger partial charge on any atom is 0.147 e. The smallest absolute Gasteiger partial charge is 0.147 e. The highest BCUT2D eigenvalue weighted by molar-refractivity contribution is 7.90. The Bertz CT molecular complexity index is 441. The molecule has 0 saturated heterocycles. The molecule has 5 heteroatoms. The van der Waals surface area contributed by atoms with Gasteiger partial charge in [0.05, 0.1) is 6.10 Å². The van der Waals surface area contributed by atoms with Crippen LogP contribution in [0.25, 0.3) is 0 Å². The van der Waals surface area contributed by atoms with E-state index in [1.54, 1.807) is 0 Å². The van der Waals surface area contributed by atoms with E-state index in [4.69, 9.17) is 4.74 Å². The zero-order valence-corrected chi connectivity index (χ0v) is 11.6. The lowest BCUT2D eigenvalue weighted by Crippen LogP contribution is -2.21. The van der Waals surface area contributed by atoms with E-state index in [1.165, 1.54) is 13.4 Å². The summed E-state index contributed by atoms with van der Waals surface area (Å²) in [6, 6.07) is 9.42. The molecular formula is C13H20O4S. The van der Waals surface area contributed by atoms with Crippen LogP contribution in [0.1, 0.15) is 24.5 Å². The second-order valence-electron chi connectivity index (χ2n) is 4.41. The van der Waals surface area contributed by atoms with Crippen molar-refractivity contribution in [3.63, 3.8) is 0 Å². The maximum atomic E-state index is 11.0. The second kappa shape index (κ2) is 6.87. The standard InChI is InChI=1S/C13H20O4S/c1-17-13(11-7-4-3-5-8-11)12(14)9-6-10-18(2,15)16/h3-5,7-8,12-14H,6,9-10H2,1-2H3. The van der Waals surface area contributed by atoms with Gasteiger partial charge in [-0.05, 0) is 18.4 Å². The number of hydrogen-bond acceptors (Lipinski definition) is 4. The molecule has 0 bridgehead atoms. The van der Waals surface area contributed by atoms with Crippen LogP contribution in [0.15, 0.2) is 30.3 Å². The van der Waals surface area contributed by atoms with Gasteiger partial charge in [-0.25, -0.2) is 8.42 Å². The van der Waals surface area contributed by atoms with Crippen molar-refractivity contribution in [2.75, 3.05) is 19.1 Å². The number of methoxy groups -OCH3 is 1. The number of sulfone groups is 1. The van der Waals surface area contributed by atoms with Crippen LogP contribution in [0, 0.1) is 0 Å². The largest absolute Gasteiger partial charge is 0.390 e. The van der Waals surface area contributed by atoms with E-state index >= 15 is 0 Å². The first kappa shape index (κ1) is 15.1. The summed E-state index contributed by atoms with van der Waals surface area (Å²) >= 11 is 0. The lowest BCUT2D eigenvalue weighted by molar-refractivity contribution is -0.0174. The van der Waals surface area contributed by atoms with Crippen LogP contribution in [0.5, 0.6) is 0 Å². The Hall–Kier alpha value is -0.910. The Morgan fingerprint density at radius 3 is 2.39 bits per heavy atom. The minimum atomic E-state index is -2.97. The Morgan fingerprint density at radius 1 is 1.28 bits per heavy atom. The van der Waals surface area contributed by atoms with Crippen molar-refractivity contribution in [3.8, 4) is 0 Å². The molecule has 0 aliphatic heterocycles. The van der Waals surface area contributed by atoms with Crippen molar-refractivity contribution in [2.45, 2.75) is 25.0 Å². The van der Waals surface area contributed by atoms with Crippen molar-refractivity contribution in [2.24, 2.45) is 0 Å². The van der Waals surface area contributed by atoms with Gasteiger partial charge in [-0.3, -0.25) is 0 Å². The molecule has 0 saturated carbocycles. The topological polar surface area (TPSA) is 63.6 Å². The van der Waals surface area contributed by atoms with Gasteiger partial charge in [-0.1, -0.05) is 30.3 Å². The monoisotopic (exact) mass is 272 g/mol. The Kier molecular flexibility index (Phi) is 5.78. The molecule has 0 aromatic heterocycles. The van der Waals surface area contributed by atoms with Crippen molar-refractivity contribution in [3.05, 3.63) is 35.9 Å². The number of rotatable bonds is 7. The SMILES string of the molecule is COC(c1ccccc1)C(O)CCCS(C)(=O)=O. The van der Waals surface area contributed by atoms with Crippen LogP contribution in [-0.2, 0) is 14.6 Å². The van der Waals surface area contributed by atoms with E-state index in [1.807, 2.05) is 30.3 Å². The van der Waals surface area contributed by atoms with E-state index < -0.39 is 22.0 Å². The first-order valence-corrected chi connectivity index (χ1v) is 7.93. The Morgan fingerprint density at radius 2 is 1.89 bits per heavy atom. The fourth-order valence-electron chi connectivity index (χ4n) is 1.86. The predicted molar refractivity (Wildman–Crippen MR) is 71.1 cm³/mol. The van der Waals surface area contributed by atoms with Crippen molar-refractivity contribution in [1.82, 2.24) is 0 Å². The number of aliphatic hydroxyl groups excluding tert-OH is 1. The quantitative estimate of drug-likeness (QED) is 0.818. The predicted octanol–water partition coefficient (Wildman–Crippen LogP) is 1.56. The lowest BCUT2D eigenvalue weighted by Gasteiger charge is -2.21. The summed E-state index contributed by atoms with van der Waals surface area (Å²) in [4.78, 5) is 0. The minimum absolute atomic E-state index is 0.0925. The highest BCUT2D eigenvalue weighted by atomic mass is 32.2. The summed E-state index contributed by atoms with van der Waals surface area (Å²) in [5.41, 5.74) is 0.895. The number of benzene rings is 1. The average molecular weight is 272 g/mol. The van der Waals surface area contributed by atoms with Gasteiger partial charge in [-0.15, -0.1) is 0 Å². The first-order chi connectivity index (χ1) is 8.44. The molecular weight excluding hydrogens is 252 g/mol. The van der Waals surface area contributed by atoms with E-state index in [0.717, 1.165) is 5.56 Å². The summed E-state index contributed by atoms with van der Waals surface area (Å²) in [6.45, 7) is 0. The van der Waals surface area contributed by atoms with E-state index in [0.29, 0.717) is 12.8 Å². The van der Waals surface area contributed by atoms with E-state index in [2.05, 4.69) is 0 Å². The third-order valence-corrected chi connectivity index (χ3v) is 3.78. The van der Waals surface area contributed by atoms with Crippen LogP contribution in [0.4, 0.5) is 0 Å². The van der Waals surface area contributed by atoms with Crippen molar-refractivity contribution < 1.29 is 18.3 Å². The molecule has 2 atom stereocenters. The molecule has 0 aliphatic carbocycles. The van der Waals surface area contributed by atoms with Gasteiger partial charge in [0.15, 0.2) is 0 Å². The number of aliphatic hydroxyl groups is 1. The zero-order valence-electron chi connectivity index (χ0n) is 10.7. The molecule has 0 amide bonds. The molecule has 0 radical (unpaired) electrons. The van der Waals surface area contributed by atoms with Gasteiger partial charge in [-0.2, -0.15) is 0 Å². The molecule has 0 fully saturated rings. The van der Waals surface area contributed by atoms with E-state index in [-0.39, 0.29) is 5.75 Å². The Labute approximate surface area is 109 Å². The van der Waals surface area contributed by atoms with Crippen LogP contribution in [0.3, 0.4) is 0 Å². The molecule has 1 aromatic carbocycles. The van der Waals surface area contributed by atoms with Gasteiger partial charge >= 0.3 is 0 Å². The minimum Gasteiger partial charge on any atom is -0.390 e. The summed E-state index contributed by atoms with van der Waals surface area (Å²) < 4.78 is 27.3. The molecule has 2 unspecified atom stereocenters. The first-order valence-electron chi connectivity index (χ1n) is 5.87. The molecule has 0 spiro atoms. The van der Waals surface area contributed by atoms with Crippen LogP contribution < -0.4 is 0 Å². The average Bonchev–Trinajstić information content (AvgIpc) is 2.29. The second-order valence-corrected chi connectivity index (χ2v) is 6.67. The summed E-state index contributed by atoms with van der Waals surface area (Å²) in [5, 5.41) is 10.0. The van der Waals surface area contributed by atoms with Gasteiger partial charge in [0.2, 0.25) is 0 Å². The molecule has 4 nitrogen and oxygen atoms in total. The summed E-state index contributed by atoms with van der Waals surface area (Å²) in [7, 11) is -1.43. The highest BCUT2D eigenvalue weighted by Crippen LogP contribution is 2.23. The van der Waals surface area contributed by atoms with Crippen LogP contribution in [0.2, 0.25) is 0 Å². The molecule has 0 heterocycles. The molecule has 0 aliphatic rings. The summed E-state index contributed by atoms with van der Waals surface area (Å²) in [6.07, 6.45) is 0.933. The zero-order chi connectivity index (χ0) is 13.6. The molecule has 1 N–H and O–H groups in total. The van der Waals surface area contributed by atoms with Gasteiger partial charge in [0, 0.05) is 19.1 Å². The van der Waals surface area contributed by atoms with Crippen molar-refractivity contribution in [1.29, 1.82) is 0 Å². The third-order valence-electron chi connectivity index (χ3n) is 2.75.